The van der Waals surface area contributed by atoms with Gasteiger partial charge in [-0.2, -0.15) is 0 Å². The normalized spacial score (nSPS) is 14.2. The lowest BCUT2D eigenvalue weighted by Gasteiger charge is -2.20. The Labute approximate surface area is 364 Å². The molecule has 0 aliphatic heterocycles. The van der Waals surface area contributed by atoms with Gasteiger partial charge in [0.05, 0.1) is 13.2 Å². The van der Waals surface area contributed by atoms with E-state index in [4.69, 9.17) is 24.8 Å². The third-order valence-electron chi connectivity index (χ3n) is 9.84. The number of ether oxygens (including phenoxy) is 2. The molecule has 346 valence electrons. The fraction of sp³-hybridized carbons (Fsp3) is 0.729. The van der Waals surface area contributed by atoms with Crippen molar-refractivity contribution in [1.82, 2.24) is 0 Å². The molecule has 0 spiro atoms. The predicted octanol–water partition coefficient (Wildman–Crippen LogP) is 12.7. The molecule has 0 heterocycles. The van der Waals surface area contributed by atoms with Crippen molar-refractivity contribution < 1.29 is 47.5 Å². The molecule has 0 saturated heterocycles. The highest BCUT2D eigenvalue weighted by Gasteiger charge is 2.28. The molecule has 0 aromatic rings. The van der Waals surface area contributed by atoms with E-state index in [1.807, 2.05) is 36.5 Å². The molecule has 12 heteroatoms. The first-order chi connectivity index (χ1) is 29.1. The van der Waals surface area contributed by atoms with Gasteiger partial charge in [0, 0.05) is 12.8 Å². The number of rotatable bonds is 43. The van der Waals surface area contributed by atoms with E-state index in [-0.39, 0.29) is 19.4 Å². The highest BCUT2D eigenvalue weighted by molar-refractivity contribution is 7.47. The topological polar surface area (TPSA) is 172 Å². The average molecular weight is 866 g/mol. The largest absolute Gasteiger partial charge is 0.480 e. The molecule has 1 unspecified atom stereocenters. The zero-order valence-corrected chi connectivity index (χ0v) is 38.4. The quantitative estimate of drug-likeness (QED) is 0.0175. The van der Waals surface area contributed by atoms with Crippen LogP contribution in [0.2, 0.25) is 0 Å². The number of carbonyl (C=O) groups is 3. The molecule has 11 nitrogen and oxygen atoms in total. The maximum absolute atomic E-state index is 12.7. The number of carboxylic acids is 1. The van der Waals surface area contributed by atoms with Crippen LogP contribution in [0.1, 0.15) is 194 Å². The van der Waals surface area contributed by atoms with Gasteiger partial charge < -0.3 is 25.2 Å². The maximum Gasteiger partial charge on any atom is 0.472 e. The van der Waals surface area contributed by atoms with Crippen LogP contribution in [0.5, 0.6) is 0 Å². The lowest BCUT2D eigenvalue weighted by atomic mass is 10.0. The minimum atomic E-state index is -4.73. The fourth-order valence-corrected chi connectivity index (χ4v) is 6.97. The summed E-state index contributed by atoms with van der Waals surface area (Å²) in [6, 6.07) is -1.53. The van der Waals surface area contributed by atoms with Crippen LogP contribution in [0, 0.1) is 0 Å². The number of phosphoric ester groups is 1. The number of carboxylic acid groups (broad SMARTS) is 1. The van der Waals surface area contributed by atoms with Gasteiger partial charge in [0.15, 0.2) is 6.10 Å². The lowest BCUT2D eigenvalue weighted by molar-refractivity contribution is -0.161. The van der Waals surface area contributed by atoms with Crippen molar-refractivity contribution in [3.05, 3.63) is 60.8 Å². The molecule has 0 radical (unpaired) electrons. The van der Waals surface area contributed by atoms with Gasteiger partial charge in [0.2, 0.25) is 0 Å². The van der Waals surface area contributed by atoms with Crippen LogP contribution in [0.3, 0.4) is 0 Å². The van der Waals surface area contributed by atoms with Crippen LogP contribution >= 0.6 is 7.82 Å². The summed E-state index contributed by atoms with van der Waals surface area (Å²) in [4.78, 5) is 46.0. The summed E-state index contributed by atoms with van der Waals surface area (Å²) in [6.45, 7) is 2.64. The molecule has 0 aromatic heterocycles. The van der Waals surface area contributed by atoms with Crippen LogP contribution in [0.15, 0.2) is 60.8 Å². The van der Waals surface area contributed by atoms with E-state index in [9.17, 15) is 23.8 Å². The van der Waals surface area contributed by atoms with E-state index in [1.165, 1.54) is 96.3 Å². The Bertz CT molecular complexity index is 1250. The number of hydrogen-bond acceptors (Lipinski definition) is 9. The van der Waals surface area contributed by atoms with Crippen LogP contribution in [-0.2, 0) is 37.5 Å². The van der Waals surface area contributed by atoms with E-state index in [0.29, 0.717) is 12.8 Å². The van der Waals surface area contributed by atoms with Gasteiger partial charge in [0.1, 0.15) is 12.6 Å². The molecule has 0 amide bonds. The Morgan fingerprint density at radius 2 is 0.950 bits per heavy atom. The summed E-state index contributed by atoms with van der Waals surface area (Å²) in [5.41, 5.74) is 5.34. The van der Waals surface area contributed by atoms with E-state index in [2.05, 4.69) is 42.7 Å². The predicted molar refractivity (Wildman–Crippen MR) is 245 cm³/mol. The summed E-state index contributed by atoms with van der Waals surface area (Å²) in [5.74, 6) is -2.41. The van der Waals surface area contributed by atoms with Crippen molar-refractivity contribution >= 4 is 25.7 Å². The summed E-state index contributed by atoms with van der Waals surface area (Å²) in [6.07, 6.45) is 50.0. The van der Waals surface area contributed by atoms with Gasteiger partial charge in [-0.3, -0.25) is 23.4 Å². The molecular weight excluding hydrogens is 781 g/mol. The summed E-state index contributed by atoms with van der Waals surface area (Å²) >= 11 is 0. The summed E-state index contributed by atoms with van der Waals surface area (Å²) in [5, 5.41) is 8.90. The lowest BCUT2D eigenvalue weighted by Crippen LogP contribution is -2.34. The monoisotopic (exact) mass is 866 g/mol. The fourth-order valence-electron chi connectivity index (χ4n) is 6.19. The Hall–Kier alpha value is -2.82. The standard InChI is InChI=1S/C48H84NO10P/c1-3-5-7-9-11-13-15-17-19-20-21-22-23-24-26-28-30-32-34-36-38-40-47(51)59-44(42-57-60(54,55)58-43-45(49)48(52)53)41-56-46(50)39-37-35-33-31-29-27-25-18-16-14-12-10-8-6-4-2/h6,8,10,12,14,16-19,25,44-45H,3-5,7,9,11,13,15,20-24,26-43,49H2,1-2H3,(H,52,53)(H,54,55)/b8-6+,12-10+,16-14+,19-17+,25-18+/t44-,45-/m0/s1. The number of esters is 2. The number of allylic oxidation sites excluding steroid dienone is 10. The van der Waals surface area contributed by atoms with Gasteiger partial charge in [-0.15, -0.1) is 0 Å². The SMILES string of the molecule is CC/C=C/C=C/C=C/C=C/CCCCCCCC(=O)OC[C@@H](COP(=O)(O)OC[C@H](N)C(=O)O)OC(=O)CCCCCCCCCCCCC/C=C/CCCCCCCC. The van der Waals surface area contributed by atoms with E-state index >= 15 is 0 Å². The number of unbranched alkanes of at least 4 members (excludes halogenated alkanes) is 22. The van der Waals surface area contributed by atoms with Crippen molar-refractivity contribution in [3.8, 4) is 0 Å². The number of carbonyl (C=O) groups excluding carboxylic acids is 2. The minimum Gasteiger partial charge on any atom is -0.480 e. The average Bonchev–Trinajstić information content (AvgIpc) is 3.22. The van der Waals surface area contributed by atoms with E-state index in [0.717, 1.165) is 57.8 Å². The van der Waals surface area contributed by atoms with Crippen molar-refractivity contribution in [2.24, 2.45) is 5.73 Å². The Balaban J connectivity index is 4.32. The molecule has 0 bridgehead atoms. The summed E-state index contributed by atoms with van der Waals surface area (Å²) < 4.78 is 32.7. The number of aliphatic carboxylic acids is 1. The van der Waals surface area contributed by atoms with Crippen molar-refractivity contribution in [2.75, 3.05) is 19.8 Å². The minimum absolute atomic E-state index is 0.153. The third-order valence-corrected chi connectivity index (χ3v) is 10.8. The van der Waals surface area contributed by atoms with Crippen LogP contribution in [0.4, 0.5) is 0 Å². The molecule has 0 fully saturated rings. The number of phosphoric acid groups is 1. The second-order valence-electron chi connectivity index (χ2n) is 15.6. The van der Waals surface area contributed by atoms with Crippen molar-refractivity contribution in [1.29, 1.82) is 0 Å². The first kappa shape index (κ1) is 57.2. The smallest absolute Gasteiger partial charge is 0.472 e. The molecule has 0 aromatic carbocycles. The molecule has 0 aliphatic carbocycles. The Morgan fingerprint density at radius 1 is 0.533 bits per heavy atom. The van der Waals surface area contributed by atoms with Gasteiger partial charge in [0.25, 0.3) is 0 Å². The molecule has 4 N–H and O–H groups in total. The molecule has 0 saturated carbocycles. The third kappa shape index (κ3) is 41.9. The van der Waals surface area contributed by atoms with Gasteiger partial charge in [-0.1, -0.05) is 184 Å². The first-order valence-corrected chi connectivity index (χ1v) is 24.9. The van der Waals surface area contributed by atoms with Crippen molar-refractivity contribution in [2.45, 2.75) is 206 Å². The maximum atomic E-state index is 12.7. The zero-order valence-electron chi connectivity index (χ0n) is 37.5. The van der Waals surface area contributed by atoms with Crippen molar-refractivity contribution in [3.63, 3.8) is 0 Å². The molecule has 0 aliphatic rings. The molecule has 3 atom stereocenters. The second-order valence-corrected chi connectivity index (χ2v) is 17.0. The summed E-state index contributed by atoms with van der Waals surface area (Å²) in [7, 11) is -4.73. The molecule has 60 heavy (non-hydrogen) atoms. The van der Waals surface area contributed by atoms with Crippen LogP contribution < -0.4 is 5.73 Å². The highest BCUT2D eigenvalue weighted by Crippen LogP contribution is 2.43. The zero-order chi connectivity index (χ0) is 44.2. The van der Waals surface area contributed by atoms with Gasteiger partial charge >= 0.3 is 25.7 Å². The van der Waals surface area contributed by atoms with E-state index in [1.54, 1.807) is 0 Å². The Kier molecular flexibility index (Phi) is 40.8. The first-order valence-electron chi connectivity index (χ1n) is 23.4. The molecular formula is C48H84NO10P. The second kappa shape index (κ2) is 42.9. The highest BCUT2D eigenvalue weighted by atomic mass is 31.2. The molecule has 0 rings (SSSR count). The Morgan fingerprint density at radius 3 is 1.45 bits per heavy atom. The van der Waals surface area contributed by atoms with Crippen LogP contribution in [0.25, 0.3) is 0 Å². The van der Waals surface area contributed by atoms with Crippen LogP contribution in [-0.4, -0.2) is 59.9 Å². The van der Waals surface area contributed by atoms with Gasteiger partial charge in [-0.25, -0.2) is 4.57 Å². The number of hydrogen-bond donors (Lipinski definition) is 3. The van der Waals surface area contributed by atoms with E-state index < -0.39 is 51.1 Å². The van der Waals surface area contributed by atoms with Gasteiger partial charge in [-0.05, 0) is 57.8 Å². The number of nitrogens with two attached hydrogens (primary N) is 1.